The number of nitrogens with zero attached hydrogens (tertiary/aromatic N) is 2. The van der Waals surface area contributed by atoms with E-state index in [1.165, 1.54) is 0 Å². The van der Waals surface area contributed by atoms with Crippen LogP contribution in [0.1, 0.15) is 23.2 Å². The highest BCUT2D eigenvalue weighted by molar-refractivity contribution is 14.0. The van der Waals surface area contributed by atoms with E-state index < -0.39 is 11.9 Å². The van der Waals surface area contributed by atoms with Crippen LogP contribution in [0.3, 0.4) is 0 Å². The van der Waals surface area contributed by atoms with Gasteiger partial charge in [-0.05, 0) is 24.6 Å². The van der Waals surface area contributed by atoms with Crippen LogP contribution < -0.4 is 10.6 Å². The number of thiazole rings is 1. The quantitative estimate of drug-likeness (QED) is 0.321. The van der Waals surface area contributed by atoms with Crippen molar-refractivity contribution in [3.63, 3.8) is 0 Å². The fourth-order valence-electron chi connectivity index (χ4n) is 1.96. The zero-order valence-corrected chi connectivity index (χ0v) is 17.2. The van der Waals surface area contributed by atoms with Crippen LogP contribution in [0.25, 0.3) is 0 Å². The van der Waals surface area contributed by atoms with Crippen molar-refractivity contribution in [3.8, 4) is 5.75 Å². The summed E-state index contributed by atoms with van der Waals surface area (Å²) in [5.74, 6) is 0.766. The third kappa shape index (κ3) is 7.36. The summed E-state index contributed by atoms with van der Waals surface area (Å²) in [6, 6.07) is 6.73. The summed E-state index contributed by atoms with van der Waals surface area (Å²) in [5.41, 5.74) is 0.0881. The molecule has 2 aromatic rings. The lowest BCUT2D eigenvalue weighted by molar-refractivity contribution is -0.140. The number of hydrogen-bond donors (Lipinski definition) is 3. The topological polar surface area (TPSA) is 69.5 Å². The van der Waals surface area contributed by atoms with E-state index in [4.69, 9.17) is 0 Å². The van der Waals surface area contributed by atoms with Gasteiger partial charge in [-0.2, -0.15) is 13.2 Å². The van der Waals surface area contributed by atoms with Gasteiger partial charge in [0.2, 0.25) is 0 Å². The maximum Gasteiger partial charge on any atom is 0.434 e. The first kappa shape index (κ1) is 22.5. The van der Waals surface area contributed by atoms with Crippen LogP contribution in [-0.2, 0) is 19.1 Å². The molecule has 0 unspecified atom stereocenters. The number of phenolic OH excluding ortho intramolecular Hbond substituents is 1. The first-order chi connectivity index (χ1) is 11.9. The van der Waals surface area contributed by atoms with E-state index in [9.17, 15) is 18.3 Å². The molecular formula is C16H20F3IN4OS. The van der Waals surface area contributed by atoms with Crippen LogP contribution in [0.2, 0.25) is 0 Å². The number of benzene rings is 1. The van der Waals surface area contributed by atoms with Crippen molar-refractivity contribution in [1.82, 2.24) is 15.6 Å². The van der Waals surface area contributed by atoms with Crippen molar-refractivity contribution in [3.05, 3.63) is 45.9 Å². The average molecular weight is 500 g/mol. The molecule has 0 radical (unpaired) electrons. The number of rotatable bonds is 6. The summed E-state index contributed by atoms with van der Waals surface area (Å²) in [7, 11) is 0. The van der Waals surface area contributed by atoms with E-state index in [2.05, 4.69) is 20.6 Å². The summed E-state index contributed by atoms with van der Waals surface area (Å²) >= 11 is 0.998. The molecule has 144 valence electrons. The number of guanidine groups is 1. The second-order valence-corrected chi connectivity index (χ2v) is 6.11. The largest absolute Gasteiger partial charge is 0.508 e. The Morgan fingerprint density at radius 3 is 2.50 bits per heavy atom. The molecule has 0 aliphatic heterocycles. The molecule has 0 saturated carbocycles. The summed E-state index contributed by atoms with van der Waals surface area (Å²) in [4.78, 5) is 8.00. The minimum atomic E-state index is -4.40. The predicted molar refractivity (Wildman–Crippen MR) is 107 cm³/mol. The van der Waals surface area contributed by atoms with E-state index in [1.54, 1.807) is 24.3 Å². The fraction of sp³-hybridized carbons (Fsp3) is 0.375. The number of halogens is 4. The molecule has 10 heteroatoms. The molecule has 0 saturated heterocycles. The zero-order valence-electron chi connectivity index (χ0n) is 14.0. The van der Waals surface area contributed by atoms with Crippen LogP contribution in [0.5, 0.6) is 5.75 Å². The van der Waals surface area contributed by atoms with Gasteiger partial charge in [-0.15, -0.1) is 35.3 Å². The predicted octanol–water partition coefficient (Wildman–Crippen LogP) is 3.78. The number of nitrogens with one attached hydrogen (secondary N) is 2. The number of hydrogen-bond acceptors (Lipinski definition) is 4. The molecule has 2 rings (SSSR count). The highest BCUT2D eigenvalue weighted by Gasteiger charge is 2.33. The Morgan fingerprint density at radius 1 is 1.23 bits per heavy atom. The van der Waals surface area contributed by atoms with Gasteiger partial charge in [0.15, 0.2) is 11.7 Å². The molecule has 0 atom stereocenters. The van der Waals surface area contributed by atoms with Crippen LogP contribution in [0, 0.1) is 0 Å². The second-order valence-electron chi connectivity index (χ2n) is 5.16. The van der Waals surface area contributed by atoms with E-state index >= 15 is 0 Å². The van der Waals surface area contributed by atoms with Crippen molar-refractivity contribution in [2.45, 2.75) is 26.1 Å². The van der Waals surface area contributed by atoms with Gasteiger partial charge in [0, 0.05) is 24.9 Å². The lowest BCUT2D eigenvalue weighted by Crippen LogP contribution is -2.38. The van der Waals surface area contributed by atoms with Crippen LogP contribution >= 0.6 is 35.3 Å². The molecule has 0 fully saturated rings. The zero-order chi connectivity index (χ0) is 18.3. The van der Waals surface area contributed by atoms with Gasteiger partial charge < -0.3 is 15.7 Å². The van der Waals surface area contributed by atoms with Gasteiger partial charge in [0.1, 0.15) is 5.75 Å². The van der Waals surface area contributed by atoms with E-state index in [1.807, 2.05) is 6.92 Å². The van der Waals surface area contributed by atoms with Gasteiger partial charge in [-0.1, -0.05) is 12.1 Å². The molecule has 1 heterocycles. The van der Waals surface area contributed by atoms with Crippen molar-refractivity contribution in [2.24, 2.45) is 4.99 Å². The molecule has 26 heavy (non-hydrogen) atoms. The van der Waals surface area contributed by atoms with Gasteiger partial charge in [0.25, 0.3) is 0 Å². The van der Waals surface area contributed by atoms with E-state index in [0.29, 0.717) is 37.0 Å². The van der Waals surface area contributed by atoms with Gasteiger partial charge in [0.05, 0.1) is 11.6 Å². The third-order valence-corrected chi connectivity index (χ3v) is 4.08. The molecule has 1 aromatic heterocycles. The number of aromatic nitrogens is 1. The van der Waals surface area contributed by atoms with E-state index in [-0.39, 0.29) is 29.7 Å². The Kier molecular flexibility index (Phi) is 9.13. The Hall–Kier alpha value is -1.56. The lowest BCUT2D eigenvalue weighted by Gasteiger charge is -2.10. The second kappa shape index (κ2) is 10.6. The van der Waals surface area contributed by atoms with Crippen LogP contribution in [-0.4, -0.2) is 29.1 Å². The molecule has 0 aliphatic rings. The standard InChI is InChI=1S/C16H19F3N4OS.HI/c1-2-20-15(22-9-11-3-5-12(24)6-4-11)21-8-7-14-23-13(10-25-14)16(17,18)19;/h3-6,10,24H,2,7-9H2,1H3,(H2,20,21,22);1H. The molecule has 0 amide bonds. The van der Waals surface area contributed by atoms with Crippen molar-refractivity contribution < 1.29 is 18.3 Å². The van der Waals surface area contributed by atoms with Gasteiger partial charge in [-0.3, -0.25) is 0 Å². The Bertz CT molecular complexity index is 704. The normalized spacial score (nSPS) is 11.8. The summed E-state index contributed by atoms with van der Waals surface area (Å²) in [6.45, 7) is 3.43. The third-order valence-electron chi connectivity index (χ3n) is 3.17. The Balaban J connectivity index is 0.00000338. The highest BCUT2D eigenvalue weighted by atomic mass is 127. The summed E-state index contributed by atoms with van der Waals surface area (Å²) in [6.07, 6.45) is -4.02. The first-order valence-corrected chi connectivity index (χ1v) is 8.58. The number of aromatic hydroxyl groups is 1. The van der Waals surface area contributed by atoms with Gasteiger partial charge in [-0.25, -0.2) is 9.98 Å². The molecule has 0 bridgehead atoms. The Labute approximate surface area is 170 Å². The molecule has 3 N–H and O–H groups in total. The minimum absolute atomic E-state index is 0. The van der Waals surface area contributed by atoms with E-state index in [0.717, 1.165) is 22.3 Å². The minimum Gasteiger partial charge on any atom is -0.508 e. The van der Waals surface area contributed by atoms with Crippen LogP contribution in [0.4, 0.5) is 13.2 Å². The number of alkyl halides is 3. The smallest absolute Gasteiger partial charge is 0.434 e. The van der Waals surface area contributed by atoms with Gasteiger partial charge >= 0.3 is 6.18 Å². The average Bonchev–Trinajstić information content (AvgIpc) is 3.03. The van der Waals surface area contributed by atoms with Crippen LogP contribution in [0.15, 0.2) is 34.6 Å². The fourth-order valence-corrected chi connectivity index (χ4v) is 2.76. The summed E-state index contributed by atoms with van der Waals surface area (Å²) < 4.78 is 37.6. The highest BCUT2D eigenvalue weighted by Crippen LogP contribution is 2.29. The van der Waals surface area contributed by atoms with Crippen molar-refractivity contribution in [1.29, 1.82) is 0 Å². The van der Waals surface area contributed by atoms with Crippen molar-refractivity contribution >= 4 is 41.3 Å². The monoisotopic (exact) mass is 500 g/mol. The maximum absolute atomic E-state index is 12.5. The molecule has 5 nitrogen and oxygen atoms in total. The number of aliphatic imine (C=N–C) groups is 1. The maximum atomic E-state index is 12.5. The SMILES string of the molecule is CCNC(=NCc1ccc(O)cc1)NCCc1nc(C(F)(F)F)cs1.I. The Morgan fingerprint density at radius 2 is 1.92 bits per heavy atom. The lowest BCUT2D eigenvalue weighted by atomic mass is 10.2. The van der Waals surface area contributed by atoms with Crippen molar-refractivity contribution in [2.75, 3.05) is 13.1 Å². The number of phenols is 1. The molecule has 0 spiro atoms. The first-order valence-electron chi connectivity index (χ1n) is 7.70. The summed E-state index contributed by atoms with van der Waals surface area (Å²) in [5, 5.41) is 16.9. The molecule has 0 aliphatic carbocycles. The molecule has 1 aromatic carbocycles. The molecular weight excluding hydrogens is 480 g/mol.